The molecule has 0 atom stereocenters. The maximum atomic E-state index is 13.4. The van der Waals surface area contributed by atoms with E-state index >= 15 is 0 Å². The van der Waals surface area contributed by atoms with E-state index in [1.54, 1.807) is 18.7 Å². The average Bonchev–Trinajstić information content (AvgIpc) is 3.22. The fraction of sp³-hybridized carbons (Fsp3) is 0.520. The number of carbonyl (C=O) groups is 2. The molecule has 0 fully saturated rings. The molecule has 0 bridgehead atoms. The van der Waals surface area contributed by atoms with Crippen LogP contribution < -0.4 is 5.32 Å². The van der Waals surface area contributed by atoms with Gasteiger partial charge in [0.05, 0.1) is 10.5 Å². The first kappa shape index (κ1) is 27.3. The minimum absolute atomic E-state index is 0.0617. The van der Waals surface area contributed by atoms with Gasteiger partial charge >= 0.3 is 0 Å². The third-order valence-electron chi connectivity index (χ3n) is 6.53. The third-order valence-corrected chi connectivity index (χ3v) is 9.73. The number of anilines is 1. The lowest BCUT2D eigenvalue weighted by molar-refractivity contribution is 0.0772. The number of nitrogens with zero attached hydrogens (tertiary/aromatic N) is 3. The predicted molar refractivity (Wildman–Crippen MR) is 141 cm³/mol. The van der Waals surface area contributed by atoms with E-state index in [9.17, 15) is 18.0 Å². The summed E-state index contributed by atoms with van der Waals surface area (Å²) in [6.07, 6.45) is 0.774. The summed E-state index contributed by atoms with van der Waals surface area (Å²) in [6.45, 7) is 14.1. The molecule has 1 aliphatic heterocycles. The Morgan fingerprint density at radius 2 is 1.63 bits per heavy atom. The van der Waals surface area contributed by atoms with E-state index in [0.29, 0.717) is 42.3 Å². The van der Waals surface area contributed by atoms with Crippen molar-refractivity contribution in [2.24, 2.45) is 0 Å². The Morgan fingerprint density at radius 3 is 2.17 bits per heavy atom. The SMILES string of the molecule is CCN1CCc2c(sc(NC(=O)c3ccc(S(=O)(=O)N(CC)CC)cc3)c2C(=O)N(CC)CC)C1. The molecule has 1 aromatic heterocycles. The zero-order valence-corrected chi connectivity index (χ0v) is 22.9. The Hall–Kier alpha value is -2.27. The number of nitrogens with one attached hydrogen (secondary N) is 1. The van der Waals surface area contributed by atoms with E-state index in [1.165, 1.54) is 39.9 Å². The molecule has 10 heteroatoms. The van der Waals surface area contributed by atoms with Crippen molar-refractivity contribution in [3.63, 3.8) is 0 Å². The number of fused-ring (bicyclic) bond motifs is 1. The average molecular weight is 521 g/mol. The Bertz CT molecular complexity index is 1150. The first-order chi connectivity index (χ1) is 16.7. The molecule has 1 aromatic carbocycles. The lowest BCUT2D eigenvalue weighted by Crippen LogP contribution is -2.34. The second-order valence-electron chi connectivity index (χ2n) is 8.37. The molecule has 0 saturated carbocycles. The summed E-state index contributed by atoms with van der Waals surface area (Å²) < 4.78 is 26.9. The topological polar surface area (TPSA) is 90.0 Å². The lowest BCUT2D eigenvalue weighted by atomic mass is 10.0. The number of carbonyl (C=O) groups excluding carboxylic acids is 2. The molecule has 0 spiro atoms. The summed E-state index contributed by atoms with van der Waals surface area (Å²) >= 11 is 1.46. The highest BCUT2D eigenvalue weighted by molar-refractivity contribution is 7.89. The number of hydrogen-bond acceptors (Lipinski definition) is 6. The smallest absolute Gasteiger partial charge is 0.257 e. The Balaban J connectivity index is 1.91. The summed E-state index contributed by atoms with van der Waals surface area (Å²) in [6, 6.07) is 5.96. The minimum Gasteiger partial charge on any atom is -0.339 e. The molecule has 1 aliphatic rings. The maximum absolute atomic E-state index is 13.4. The summed E-state index contributed by atoms with van der Waals surface area (Å²) in [5.41, 5.74) is 1.97. The molecule has 1 N–H and O–H groups in total. The third kappa shape index (κ3) is 5.61. The fourth-order valence-electron chi connectivity index (χ4n) is 4.38. The van der Waals surface area contributed by atoms with Crippen molar-refractivity contribution in [2.75, 3.05) is 44.6 Å². The first-order valence-corrected chi connectivity index (χ1v) is 14.5. The summed E-state index contributed by atoms with van der Waals surface area (Å²) in [5.74, 6) is -0.426. The number of amides is 2. The molecule has 192 valence electrons. The lowest BCUT2D eigenvalue weighted by Gasteiger charge is -2.26. The van der Waals surface area contributed by atoms with E-state index in [-0.39, 0.29) is 16.7 Å². The van der Waals surface area contributed by atoms with E-state index in [2.05, 4.69) is 17.1 Å². The predicted octanol–water partition coefficient (Wildman–Crippen LogP) is 3.89. The molecule has 0 saturated heterocycles. The second-order valence-corrected chi connectivity index (χ2v) is 11.4. The Labute approximate surface area is 213 Å². The van der Waals surface area contributed by atoms with Crippen LogP contribution in [0.3, 0.4) is 0 Å². The monoisotopic (exact) mass is 520 g/mol. The van der Waals surface area contributed by atoms with Gasteiger partial charge in [0.1, 0.15) is 5.00 Å². The summed E-state index contributed by atoms with van der Waals surface area (Å²) in [5, 5.41) is 3.52. The highest BCUT2D eigenvalue weighted by atomic mass is 32.2. The second kappa shape index (κ2) is 11.6. The van der Waals surface area contributed by atoms with Crippen LogP contribution in [0.25, 0.3) is 0 Å². The van der Waals surface area contributed by atoms with Crippen molar-refractivity contribution >= 4 is 38.2 Å². The summed E-state index contributed by atoms with van der Waals surface area (Å²) in [4.78, 5) is 31.9. The molecule has 35 heavy (non-hydrogen) atoms. The van der Waals surface area contributed by atoms with Gasteiger partial charge in [0.15, 0.2) is 0 Å². The van der Waals surface area contributed by atoms with Gasteiger partial charge in [-0.1, -0.05) is 20.8 Å². The number of benzene rings is 1. The quantitative estimate of drug-likeness (QED) is 0.513. The van der Waals surface area contributed by atoms with Gasteiger partial charge in [0.25, 0.3) is 11.8 Å². The number of hydrogen-bond donors (Lipinski definition) is 1. The minimum atomic E-state index is -3.60. The van der Waals surface area contributed by atoms with Crippen molar-refractivity contribution in [3.8, 4) is 0 Å². The van der Waals surface area contributed by atoms with Gasteiger partial charge in [-0.15, -0.1) is 11.3 Å². The van der Waals surface area contributed by atoms with Crippen LogP contribution in [0.2, 0.25) is 0 Å². The molecule has 2 heterocycles. The number of rotatable bonds is 10. The van der Waals surface area contributed by atoms with E-state index in [1.807, 2.05) is 13.8 Å². The van der Waals surface area contributed by atoms with E-state index < -0.39 is 10.0 Å². The highest BCUT2D eigenvalue weighted by Gasteiger charge is 2.30. The van der Waals surface area contributed by atoms with Crippen molar-refractivity contribution in [1.29, 1.82) is 0 Å². The van der Waals surface area contributed by atoms with Crippen LogP contribution in [0.1, 0.15) is 65.8 Å². The zero-order chi connectivity index (χ0) is 25.8. The van der Waals surface area contributed by atoms with Gasteiger partial charge < -0.3 is 10.2 Å². The number of sulfonamides is 1. The van der Waals surface area contributed by atoms with Gasteiger partial charge in [0, 0.05) is 49.7 Å². The largest absolute Gasteiger partial charge is 0.339 e. The molecule has 0 unspecified atom stereocenters. The van der Waals surface area contributed by atoms with Crippen LogP contribution >= 0.6 is 11.3 Å². The zero-order valence-electron chi connectivity index (χ0n) is 21.3. The van der Waals surface area contributed by atoms with Crippen molar-refractivity contribution < 1.29 is 18.0 Å². The normalized spacial score (nSPS) is 14.1. The van der Waals surface area contributed by atoms with Crippen molar-refractivity contribution in [1.82, 2.24) is 14.1 Å². The molecule has 3 rings (SSSR count). The molecule has 2 amide bonds. The van der Waals surface area contributed by atoms with Crippen LogP contribution in [-0.4, -0.2) is 73.6 Å². The van der Waals surface area contributed by atoms with E-state index in [4.69, 9.17) is 0 Å². The fourth-order valence-corrected chi connectivity index (χ4v) is 7.11. The van der Waals surface area contributed by atoms with Crippen LogP contribution in [0.15, 0.2) is 29.2 Å². The van der Waals surface area contributed by atoms with Crippen molar-refractivity contribution in [3.05, 3.63) is 45.8 Å². The van der Waals surface area contributed by atoms with Gasteiger partial charge in [-0.3, -0.25) is 14.5 Å². The number of likely N-dealkylation sites (N-methyl/N-ethyl adjacent to an activating group) is 1. The Kier molecular flexibility index (Phi) is 9.09. The van der Waals surface area contributed by atoms with E-state index in [0.717, 1.165) is 36.5 Å². The van der Waals surface area contributed by atoms with Crippen LogP contribution in [0, 0.1) is 0 Å². The molecule has 0 aliphatic carbocycles. The molecule has 0 radical (unpaired) electrons. The summed E-state index contributed by atoms with van der Waals surface area (Å²) in [7, 11) is -3.60. The Morgan fingerprint density at radius 1 is 1.00 bits per heavy atom. The van der Waals surface area contributed by atoms with Gasteiger partial charge in [-0.05, 0) is 56.6 Å². The molecule has 8 nitrogen and oxygen atoms in total. The first-order valence-electron chi connectivity index (χ1n) is 12.3. The molecular weight excluding hydrogens is 484 g/mol. The van der Waals surface area contributed by atoms with Gasteiger partial charge in [-0.2, -0.15) is 4.31 Å². The molecular formula is C25H36N4O4S2. The number of thiophene rings is 1. The van der Waals surface area contributed by atoms with Crippen molar-refractivity contribution in [2.45, 2.75) is 52.5 Å². The van der Waals surface area contributed by atoms with Crippen LogP contribution in [-0.2, 0) is 23.0 Å². The van der Waals surface area contributed by atoms with Crippen LogP contribution in [0.5, 0.6) is 0 Å². The van der Waals surface area contributed by atoms with Gasteiger partial charge in [0.2, 0.25) is 10.0 Å². The standard InChI is InChI=1S/C25H36N4O4S2/c1-6-27-16-15-20-21(17-27)34-24(22(20)25(31)28(7-2)8-3)26-23(30)18-11-13-19(14-12-18)35(32,33)29(9-4)10-5/h11-14H,6-10,15-17H2,1-5H3,(H,26,30). The van der Waals surface area contributed by atoms with Crippen LogP contribution in [0.4, 0.5) is 5.00 Å². The maximum Gasteiger partial charge on any atom is 0.257 e. The highest BCUT2D eigenvalue weighted by Crippen LogP contribution is 2.38. The van der Waals surface area contributed by atoms with Gasteiger partial charge in [-0.25, -0.2) is 8.42 Å². The molecule has 2 aromatic rings.